The molecule has 8 heteroatoms. The molecule has 0 bridgehead atoms. The fraction of sp³-hybridized carbons (Fsp3) is 0.207. The highest BCUT2D eigenvalue weighted by Crippen LogP contribution is 2.37. The number of nitrogens with one attached hydrogen (secondary N) is 2. The van der Waals surface area contributed by atoms with Crippen molar-refractivity contribution in [3.8, 4) is 33.6 Å². The van der Waals surface area contributed by atoms with Crippen LogP contribution in [0.1, 0.15) is 6.92 Å². The zero-order chi connectivity index (χ0) is 26.1. The van der Waals surface area contributed by atoms with Crippen molar-refractivity contribution in [2.75, 3.05) is 38.4 Å². The van der Waals surface area contributed by atoms with Crippen LogP contribution in [0.2, 0.25) is 0 Å². The van der Waals surface area contributed by atoms with E-state index in [0.29, 0.717) is 0 Å². The molecule has 5 rings (SSSR count). The molecule has 0 spiro atoms. The Morgan fingerprint density at radius 1 is 0.946 bits per heavy atom. The van der Waals surface area contributed by atoms with Gasteiger partial charge < -0.3 is 20.1 Å². The Kier molecular flexibility index (Phi) is 6.40. The Labute approximate surface area is 216 Å². The average molecular weight is 494 g/mol. The fourth-order valence-corrected chi connectivity index (χ4v) is 4.30. The van der Waals surface area contributed by atoms with Gasteiger partial charge in [-0.3, -0.25) is 4.68 Å². The number of nitrogens with zero attached hydrogens (tertiary/aromatic N) is 5. The summed E-state index contributed by atoms with van der Waals surface area (Å²) in [6, 6.07) is 20.3. The molecule has 188 valence electrons. The highest BCUT2D eigenvalue weighted by atomic mass is 16.2. The fourth-order valence-electron chi connectivity index (χ4n) is 4.30. The maximum absolute atomic E-state index is 12.0. The first-order chi connectivity index (χ1) is 17.8. The number of anilines is 2. The van der Waals surface area contributed by atoms with Crippen molar-refractivity contribution in [1.29, 1.82) is 0 Å². The number of aromatic amines is 1. The maximum Gasteiger partial charge on any atom is 0.321 e. The SMILES string of the molecule is CCn1cc(-c2ccnc3[nH]c(-c4ccc(N(C)C)cc4)cc23)c(-c2ccc(NC(=O)N(C)C)cc2)n1. The van der Waals surface area contributed by atoms with Crippen LogP contribution < -0.4 is 10.2 Å². The molecule has 0 saturated heterocycles. The van der Waals surface area contributed by atoms with Crippen LogP contribution in [0, 0.1) is 0 Å². The van der Waals surface area contributed by atoms with Crippen molar-refractivity contribution in [3.63, 3.8) is 0 Å². The summed E-state index contributed by atoms with van der Waals surface area (Å²) >= 11 is 0. The number of amides is 2. The number of aryl methyl sites for hydroxylation is 1. The Hall–Kier alpha value is -4.59. The average Bonchev–Trinajstić information content (AvgIpc) is 3.54. The third-order valence-electron chi connectivity index (χ3n) is 6.42. The Bertz CT molecular complexity index is 1540. The predicted octanol–water partition coefficient (Wildman–Crippen LogP) is 5.94. The standard InChI is InChI=1S/C29H31N7O/c1-6-36-18-25(27(33-36)20-7-11-21(12-8-20)31-29(37)35(4)5)23-15-16-30-28-24(23)17-26(32-28)19-9-13-22(14-10-19)34(2)3/h7-18H,6H2,1-5H3,(H,30,32)(H,31,37). The van der Waals surface area contributed by atoms with Crippen LogP contribution >= 0.6 is 0 Å². The number of fused-ring (bicyclic) bond motifs is 1. The maximum atomic E-state index is 12.0. The normalized spacial score (nSPS) is 11.1. The summed E-state index contributed by atoms with van der Waals surface area (Å²) in [4.78, 5) is 23.7. The lowest BCUT2D eigenvalue weighted by molar-refractivity contribution is 0.230. The van der Waals surface area contributed by atoms with E-state index >= 15 is 0 Å². The van der Waals surface area contributed by atoms with E-state index in [2.05, 4.69) is 63.6 Å². The van der Waals surface area contributed by atoms with E-state index in [1.165, 1.54) is 4.90 Å². The van der Waals surface area contributed by atoms with Gasteiger partial charge in [-0.05, 0) is 54.4 Å². The molecule has 0 aliphatic carbocycles. The first kappa shape index (κ1) is 24.1. The van der Waals surface area contributed by atoms with Crippen molar-refractivity contribution >= 4 is 28.4 Å². The van der Waals surface area contributed by atoms with Gasteiger partial charge in [0, 0.05) is 80.7 Å². The first-order valence-electron chi connectivity index (χ1n) is 12.3. The molecular weight excluding hydrogens is 462 g/mol. The smallest absolute Gasteiger partial charge is 0.321 e. The zero-order valence-electron chi connectivity index (χ0n) is 21.8. The highest BCUT2D eigenvalue weighted by molar-refractivity contribution is 5.99. The second kappa shape index (κ2) is 9.81. The van der Waals surface area contributed by atoms with Gasteiger partial charge in [0.05, 0.1) is 0 Å². The Morgan fingerprint density at radius 3 is 2.30 bits per heavy atom. The van der Waals surface area contributed by atoms with Crippen LogP contribution in [0.3, 0.4) is 0 Å². The van der Waals surface area contributed by atoms with Crippen molar-refractivity contribution in [1.82, 2.24) is 24.6 Å². The second-order valence-electron chi connectivity index (χ2n) is 9.39. The molecule has 3 heterocycles. The van der Waals surface area contributed by atoms with Gasteiger partial charge in [0.1, 0.15) is 11.3 Å². The van der Waals surface area contributed by atoms with Gasteiger partial charge in [-0.25, -0.2) is 9.78 Å². The van der Waals surface area contributed by atoms with Gasteiger partial charge in [-0.1, -0.05) is 24.3 Å². The summed E-state index contributed by atoms with van der Waals surface area (Å²) in [6.07, 6.45) is 3.92. The van der Waals surface area contributed by atoms with E-state index in [9.17, 15) is 4.79 Å². The largest absolute Gasteiger partial charge is 0.378 e. The zero-order valence-corrected chi connectivity index (χ0v) is 21.8. The van der Waals surface area contributed by atoms with Gasteiger partial charge in [-0.2, -0.15) is 5.10 Å². The lowest BCUT2D eigenvalue weighted by Crippen LogP contribution is -2.27. The third kappa shape index (κ3) is 4.78. The Morgan fingerprint density at radius 2 is 1.65 bits per heavy atom. The lowest BCUT2D eigenvalue weighted by atomic mass is 10.00. The molecule has 0 saturated carbocycles. The molecule has 3 aromatic heterocycles. The minimum atomic E-state index is -0.164. The molecular formula is C29H31N7O. The van der Waals surface area contributed by atoms with Crippen LogP contribution in [0.4, 0.5) is 16.2 Å². The quantitative estimate of drug-likeness (QED) is 0.307. The summed E-state index contributed by atoms with van der Waals surface area (Å²) in [7, 11) is 7.51. The van der Waals surface area contributed by atoms with E-state index in [1.807, 2.05) is 55.3 Å². The van der Waals surface area contributed by atoms with Crippen molar-refractivity contribution in [2.45, 2.75) is 13.5 Å². The summed E-state index contributed by atoms with van der Waals surface area (Å²) in [5, 5.41) is 8.80. The van der Waals surface area contributed by atoms with E-state index in [4.69, 9.17) is 5.10 Å². The number of rotatable bonds is 6. The molecule has 2 amide bonds. The number of benzene rings is 2. The van der Waals surface area contributed by atoms with Gasteiger partial charge >= 0.3 is 6.03 Å². The molecule has 0 atom stereocenters. The summed E-state index contributed by atoms with van der Waals surface area (Å²) < 4.78 is 1.95. The third-order valence-corrected chi connectivity index (χ3v) is 6.42. The molecule has 0 aliphatic heterocycles. The minimum Gasteiger partial charge on any atom is -0.378 e. The van der Waals surface area contributed by atoms with E-state index in [1.54, 1.807) is 14.1 Å². The molecule has 0 radical (unpaired) electrons. The van der Waals surface area contributed by atoms with E-state index < -0.39 is 0 Å². The Balaban J connectivity index is 1.55. The summed E-state index contributed by atoms with van der Waals surface area (Å²) in [6.45, 7) is 2.84. The molecule has 0 fully saturated rings. The van der Waals surface area contributed by atoms with E-state index in [-0.39, 0.29) is 6.03 Å². The van der Waals surface area contributed by atoms with E-state index in [0.717, 1.165) is 62.6 Å². The summed E-state index contributed by atoms with van der Waals surface area (Å²) in [5.74, 6) is 0. The number of H-pyrrole nitrogens is 1. The molecule has 0 aliphatic rings. The van der Waals surface area contributed by atoms with Gasteiger partial charge in [0.25, 0.3) is 0 Å². The van der Waals surface area contributed by atoms with Gasteiger partial charge in [0.2, 0.25) is 0 Å². The number of carbonyl (C=O) groups excluding carboxylic acids is 1. The summed E-state index contributed by atoms with van der Waals surface area (Å²) in [5.41, 5.74) is 8.82. The topological polar surface area (TPSA) is 82.1 Å². The van der Waals surface area contributed by atoms with Crippen molar-refractivity contribution < 1.29 is 4.79 Å². The number of urea groups is 1. The number of pyridine rings is 1. The van der Waals surface area contributed by atoms with Crippen LogP contribution in [0.15, 0.2) is 73.1 Å². The van der Waals surface area contributed by atoms with Crippen molar-refractivity contribution in [3.05, 3.63) is 73.1 Å². The molecule has 8 nitrogen and oxygen atoms in total. The monoisotopic (exact) mass is 493 g/mol. The van der Waals surface area contributed by atoms with Gasteiger partial charge in [-0.15, -0.1) is 0 Å². The number of hydrogen-bond donors (Lipinski definition) is 2. The van der Waals surface area contributed by atoms with Crippen molar-refractivity contribution in [2.24, 2.45) is 0 Å². The number of aromatic nitrogens is 4. The molecule has 2 N–H and O–H groups in total. The first-order valence-corrected chi connectivity index (χ1v) is 12.3. The lowest BCUT2D eigenvalue weighted by Gasteiger charge is -2.12. The highest BCUT2D eigenvalue weighted by Gasteiger charge is 2.17. The number of carbonyl (C=O) groups is 1. The second-order valence-corrected chi connectivity index (χ2v) is 9.39. The molecule has 5 aromatic rings. The van der Waals surface area contributed by atoms with Crippen LogP contribution in [-0.4, -0.2) is 58.9 Å². The number of hydrogen-bond acceptors (Lipinski definition) is 4. The predicted molar refractivity (Wildman–Crippen MR) is 151 cm³/mol. The molecule has 2 aromatic carbocycles. The molecule has 0 unspecified atom stereocenters. The minimum absolute atomic E-state index is 0.164. The van der Waals surface area contributed by atoms with Crippen LogP contribution in [-0.2, 0) is 6.54 Å². The van der Waals surface area contributed by atoms with Gasteiger partial charge in [0.15, 0.2) is 0 Å². The van der Waals surface area contributed by atoms with Crippen LogP contribution in [0.5, 0.6) is 0 Å². The van der Waals surface area contributed by atoms with Crippen LogP contribution in [0.25, 0.3) is 44.7 Å². The molecule has 37 heavy (non-hydrogen) atoms.